The van der Waals surface area contributed by atoms with Crippen molar-refractivity contribution in [2.24, 2.45) is 4.99 Å². The fourth-order valence-corrected chi connectivity index (χ4v) is 3.22. The van der Waals surface area contributed by atoms with Crippen molar-refractivity contribution >= 4 is 31.7 Å². The van der Waals surface area contributed by atoms with E-state index in [4.69, 9.17) is 0 Å². The van der Waals surface area contributed by atoms with Gasteiger partial charge in [0.15, 0.2) is 5.96 Å². The van der Waals surface area contributed by atoms with Crippen LogP contribution in [0.2, 0.25) is 0 Å². The lowest BCUT2D eigenvalue weighted by atomic mass is 10.1. The second kappa shape index (κ2) is 9.98. The van der Waals surface area contributed by atoms with Crippen molar-refractivity contribution in [3.63, 3.8) is 0 Å². The van der Waals surface area contributed by atoms with Gasteiger partial charge < -0.3 is 10.6 Å². The minimum atomic E-state index is -2.96. The Kier molecular flexibility index (Phi) is 8.69. The smallest absolute Gasteiger partial charge is 0.191 e. The van der Waals surface area contributed by atoms with E-state index < -0.39 is 9.84 Å². The summed E-state index contributed by atoms with van der Waals surface area (Å²) in [5, 5.41) is 6.34. The largest absolute Gasteiger partial charge is 0.357 e. The Labute approximate surface area is 152 Å². The maximum absolute atomic E-state index is 13.2. The molecule has 1 rings (SSSR count). The van der Waals surface area contributed by atoms with Crippen LogP contribution in [0.25, 0.3) is 0 Å². The number of halogens is 2. The number of hydrogen-bond donors (Lipinski definition) is 2. The van der Waals surface area contributed by atoms with Crippen molar-refractivity contribution in [1.82, 2.24) is 10.6 Å². The standard InChI is InChI=1S/C16H25BrFN3O2S/c1-4-19-16(21-12(2)8-10-24(3,22)23)20-9-7-13-5-6-15(18)14(17)11-13/h5-6,11-12H,4,7-10H2,1-3H3,(H2,19,20,21). The minimum absolute atomic E-state index is 0.00232. The molecule has 0 saturated carbocycles. The molecule has 0 saturated heterocycles. The van der Waals surface area contributed by atoms with Crippen LogP contribution < -0.4 is 10.6 Å². The normalized spacial score (nSPS) is 13.6. The van der Waals surface area contributed by atoms with Crippen LogP contribution in [0.15, 0.2) is 27.7 Å². The molecule has 0 fully saturated rings. The Morgan fingerprint density at radius 2 is 2.12 bits per heavy atom. The summed E-state index contributed by atoms with van der Waals surface area (Å²) < 4.78 is 36.1. The summed E-state index contributed by atoms with van der Waals surface area (Å²) in [7, 11) is -2.96. The van der Waals surface area contributed by atoms with Crippen molar-refractivity contribution < 1.29 is 12.8 Å². The van der Waals surface area contributed by atoms with Gasteiger partial charge in [-0.2, -0.15) is 0 Å². The predicted molar refractivity (Wildman–Crippen MR) is 101 cm³/mol. The summed E-state index contributed by atoms with van der Waals surface area (Å²) >= 11 is 3.17. The molecule has 8 heteroatoms. The van der Waals surface area contributed by atoms with E-state index in [0.29, 0.717) is 36.4 Å². The van der Waals surface area contributed by atoms with Gasteiger partial charge in [-0.25, -0.2) is 12.8 Å². The van der Waals surface area contributed by atoms with Crippen molar-refractivity contribution in [3.05, 3.63) is 34.1 Å². The zero-order valence-corrected chi connectivity index (χ0v) is 16.7. The molecule has 0 aliphatic rings. The van der Waals surface area contributed by atoms with Gasteiger partial charge in [-0.05, 0) is 60.3 Å². The third-order valence-corrected chi connectivity index (χ3v) is 4.89. The van der Waals surface area contributed by atoms with E-state index in [1.165, 1.54) is 12.3 Å². The highest BCUT2D eigenvalue weighted by Crippen LogP contribution is 2.17. The fraction of sp³-hybridized carbons (Fsp3) is 0.562. The number of rotatable bonds is 8. The van der Waals surface area contributed by atoms with Gasteiger partial charge >= 0.3 is 0 Å². The molecule has 0 radical (unpaired) electrons. The fourth-order valence-electron chi connectivity index (χ4n) is 2.01. The van der Waals surface area contributed by atoms with Gasteiger partial charge in [-0.1, -0.05) is 6.07 Å². The van der Waals surface area contributed by atoms with Crippen LogP contribution in [0.4, 0.5) is 4.39 Å². The van der Waals surface area contributed by atoms with Gasteiger partial charge in [0, 0.05) is 25.4 Å². The first-order chi connectivity index (χ1) is 11.2. The zero-order valence-electron chi connectivity index (χ0n) is 14.3. The van der Waals surface area contributed by atoms with Crippen LogP contribution in [0.1, 0.15) is 25.8 Å². The number of hydrogen-bond acceptors (Lipinski definition) is 3. The lowest BCUT2D eigenvalue weighted by Crippen LogP contribution is -2.43. The molecule has 1 aromatic carbocycles. The molecular weight excluding hydrogens is 397 g/mol. The number of guanidine groups is 1. The molecule has 2 N–H and O–H groups in total. The lowest BCUT2D eigenvalue weighted by molar-refractivity contribution is 0.581. The first-order valence-corrected chi connectivity index (χ1v) is 10.7. The number of nitrogens with one attached hydrogen (secondary N) is 2. The molecule has 0 aliphatic heterocycles. The van der Waals surface area contributed by atoms with E-state index in [-0.39, 0.29) is 17.6 Å². The summed E-state index contributed by atoms with van der Waals surface area (Å²) in [5.41, 5.74) is 0.994. The topological polar surface area (TPSA) is 70.6 Å². The quantitative estimate of drug-likeness (QED) is 0.499. The molecule has 0 bridgehead atoms. The van der Waals surface area contributed by atoms with E-state index in [1.807, 2.05) is 13.8 Å². The Bertz CT molecular complexity index is 665. The van der Waals surface area contributed by atoms with Crippen LogP contribution in [0.5, 0.6) is 0 Å². The lowest BCUT2D eigenvalue weighted by Gasteiger charge is -2.17. The molecule has 0 spiro atoms. The molecule has 0 amide bonds. The van der Waals surface area contributed by atoms with Crippen molar-refractivity contribution in [1.29, 1.82) is 0 Å². The van der Waals surface area contributed by atoms with Crippen molar-refractivity contribution in [2.45, 2.75) is 32.7 Å². The molecule has 1 atom stereocenters. The summed E-state index contributed by atoms with van der Waals surface area (Å²) in [6.45, 7) is 5.16. The van der Waals surface area contributed by atoms with Crippen molar-refractivity contribution in [3.8, 4) is 0 Å². The summed E-state index contributed by atoms with van der Waals surface area (Å²) in [6, 6.07) is 4.92. The minimum Gasteiger partial charge on any atom is -0.357 e. The first-order valence-electron chi connectivity index (χ1n) is 7.87. The maximum Gasteiger partial charge on any atom is 0.191 e. The van der Waals surface area contributed by atoms with E-state index in [2.05, 4.69) is 31.6 Å². The summed E-state index contributed by atoms with van der Waals surface area (Å²) in [5.74, 6) is 0.515. The van der Waals surface area contributed by atoms with E-state index >= 15 is 0 Å². The average Bonchev–Trinajstić information content (AvgIpc) is 2.48. The van der Waals surface area contributed by atoms with Gasteiger partial charge in [0.1, 0.15) is 15.7 Å². The van der Waals surface area contributed by atoms with Crippen LogP contribution in [0.3, 0.4) is 0 Å². The van der Waals surface area contributed by atoms with Gasteiger partial charge in [-0.15, -0.1) is 0 Å². The first kappa shape index (κ1) is 20.9. The third-order valence-electron chi connectivity index (χ3n) is 3.30. The Morgan fingerprint density at radius 1 is 1.42 bits per heavy atom. The molecular formula is C16H25BrFN3O2S. The number of aliphatic imine (C=N–C) groups is 1. The summed E-state index contributed by atoms with van der Waals surface area (Å²) in [6.07, 6.45) is 2.45. The van der Waals surface area contributed by atoms with E-state index in [1.54, 1.807) is 12.1 Å². The molecule has 136 valence electrons. The van der Waals surface area contributed by atoms with E-state index in [9.17, 15) is 12.8 Å². The van der Waals surface area contributed by atoms with Crippen LogP contribution in [-0.4, -0.2) is 45.5 Å². The Balaban J connectivity index is 2.56. The second-order valence-electron chi connectivity index (χ2n) is 5.72. The van der Waals surface area contributed by atoms with Gasteiger partial charge in [0.2, 0.25) is 0 Å². The summed E-state index contributed by atoms with van der Waals surface area (Å²) in [4.78, 5) is 4.48. The van der Waals surface area contributed by atoms with Crippen LogP contribution >= 0.6 is 15.9 Å². The Hall–Kier alpha value is -1.15. The highest BCUT2D eigenvalue weighted by molar-refractivity contribution is 9.10. The molecule has 0 aromatic heterocycles. The molecule has 5 nitrogen and oxygen atoms in total. The average molecular weight is 422 g/mol. The van der Waals surface area contributed by atoms with Crippen LogP contribution in [-0.2, 0) is 16.3 Å². The molecule has 0 heterocycles. The zero-order chi connectivity index (χ0) is 18.2. The number of benzene rings is 1. The maximum atomic E-state index is 13.2. The monoisotopic (exact) mass is 421 g/mol. The molecule has 1 aromatic rings. The molecule has 24 heavy (non-hydrogen) atoms. The van der Waals surface area contributed by atoms with Crippen molar-refractivity contribution in [2.75, 3.05) is 25.1 Å². The molecule has 0 aliphatic carbocycles. The van der Waals surface area contributed by atoms with E-state index in [0.717, 1.165) is 5.56 Å². The Morgan fingerprint density at radius 3 is 2.71 bits per heavy atom. The highest BCUT2D eigenvalue weighted by atomic mass is 79.9. The van der Waals surface area contributed by atoms with Gasteiger partial charge in [-0.3, -0.25) is 4.99 Å². The molecule has 1 unspecified atom stereocenters. The SMILES string of the molecule is CCNC(=NCCc1ccc(F)c(Br)c1)NC(C)CCS(C)(=O)=O. The second-order valence-corrected chi connectivity index (χ2v) is 8.84. The van der Waals surface area contributed by atoms with Gasteiger partial charge in [0.25, 0.3) is 0 Å². The number of sulfone groups is 1. The third kappa shape index (κ3) is 8.63. The van der Waals surface area contributed by atoms with Crippen LogP contribution in [0, 0.1) is 5.82 Å². The predicted octanol–water partition coefficient (Wildman–Crippen LogP) is 2.51. The highest BCUT2D eigenvalue weighted by Gasteiger charge is 2.09. The van der Waals surface area contributed by atoms with Gasteiger partial charge in [0.05, 0.1) is 10.2 Å². The number of nitrogens with zero attached hydrogens (tertiary/aromatic N) is 1.